The molecule has 2 heteroatoms. The zero-order chi connectivity index (χ0) is 9.86. The van der Waals surface area contributed by atoms with Crippen molar-refractivity contribution in [2.45, 2.75) is 37.6 Å². The van der Waals surface area contributed by atoms with Crippen molar-refractivity contribution in [1.82, 2.24) is 10.3 Å². The van der Waals surface area contributed by atoms with Gasteiger partial charge in [0.05, 0.1) is 11.2 Å². The minimum Gasteiger partial charge on any atom is -0.309 e. The third-order valence-corrected chi connectivity index (χ3v) is 3.34. The topological polar surface area (TPSA) is 24.9 Å². The van der Waals surface area contributed by atoms with Crippen LogP contribution in [0.3, 0.4) is 0 Å². The van der Waals surface area contributed by atoms with E-state index in [0.717, 1.165) is 0 Å². The molecule has 1 aromatic rings. The normalized spacial score (nSPS) is 20.6. The molecule has 0 saturated heterocycles. The van der Waals surface area contributed by atoms with E-state index in [1.165, 1.54) is 37.8 Å². The van der Waals surface area contributed by atoms with Gasteiger partial charge >= 0.3 is 0 Å². The number of pyridine rings is 1. The summed E-state index contributed by atoms with van der Waals surface area (Å²) in [5.41, 5.74) is 1.36. The number of nitrogens with zero attached hydrogens (tertiary/aromatic N) is 1. The molecule has 0 unspecified atom stereocenters. The average molecular weight is 190 g/mol. The van der Waals surface area contributed by atoms with Gasteiger partial charge in [0.2, 0.25) is 0 Å². The van der Waals surface area contributed by atoms with Crippen LogP contribution in [-0.2, 0) is 5.54 Å². The third kappa shape index (κ3) is 1.67. The summed E-state index contributed by atoms with van der Waals surface area (Å²) in [5.74, 6) is 0. The van der Waals surface area contributed by atoms with Crippen LogP contribution in [0, 0.1) is 0 Å². The molecule has 2 nitrogen and oxygen atoms in total. The highest BCUT2D eigenvalue weighted by Gasteiger charge is 2.32. The Morgan fingerprint density at radius 3 is 2.57 bits per heavy atom. The lowest BCUT2D eigenvalue weighted by atomic mass is 9.79. The van der Waals surface area contributed by atoms with Crippen LogP contribution in [-0.4, -0.2) is 12.0 Å². The second-order valence-corrected chi connectivity index (χ2v) is 4.11. The summed E-state index contributed by atoms with van der Waals surface area (Å²) in [7, 11) is 2.06. The van der Waals surface area contributed by atoms with E-state index >= 15 is 0 Å². The number of hydrogen-bond acceptors (Lipinski definition) is 2. The Kier molecular flexibility index (Phi) is 2.82. The van der Waals surface area contributed by atoms with Crippen molar-refractivity contribution >= 4 is 0 Å². The van der Waals surface area contributed by atoms with Crippen molar-refractivity contribution in [3.05, 3.63) is 30.1 Å². The molecular formula is C12H18N2. The van der Waals surface area contributed by atoms with Gasteiger partial charge in [0, 0.05) is 6.20 Å². The molecule has 14 heavy (non-hydrogen) atoms. The van der Waals surface area contributed by atoms with Crippen LogP contribution in [0.4, 0.5) is 0 Å². The molecule has 1 aromatic heterocycles. The molecule has 0 amide bonds. The fourth-order valence-corrected chi connectivity index (χ4v) is 2.44. The highest BCUT2D eigenvalue weighted by atomic mass is 15.0. The molecule has 1 fully saturated rings. The minimum absolute atomic E-state index is 0.152. The van der Waals surface area contributed by atoms with Crippen LogP contribution in [0.15, 0.2) is 24.4 Å². The zero-order valence-corrected chi connectivity index (χ0v) is 8.79. The predicted molar refractivity (Wildman–Crippen MR) is 58.1 cm³/mol. The van der Waals surface area contributed by atoms with Crippen molar-refractivity contribution in [3.8, 4) is 0 Å². The van der Waals surface area contributed by atoms with Gasteiger partial charge < -0.3 is 5.32 Å². The Hall–Kier alpha value is -0.890. The summed E-state index contributed by atoms with van der Waals surface area (Å²) in [5, 5.41) is 3.47. The average Bonchev–Trinajstić information content (AvgIpc) is 2.31. The van der Waals surface area contributed by atoms with Gasteiger partial charge in [0.15, 0.2) is 0 Å². The molecule has 1 aliphatic carbocycles. The Bertz CT molecular complexity index is 276. The summed E-state index contributed by atoms with van der Waals surface area (Å²) in [6, 6.07) is 6.20. The quantitative estimate of drug-likeness (QED) is 0.775. The molecule has 0 spiro atoms. The lowest BCUT2D eigenvalue weighted by Gasteiger charge is -2.36. The summed E-state index contributed by atoms with van der Waals surface area (Å²) in [6.45, 7) is 0. The van der Waals surface area contributed by atoms with Gasteiger partial charge in [-0.15, -0.1) is 0 Å². The summed E-state index contributed by atoms with van der Waals surface area (Å²) >= 11 is 0. The maximum atomic E-state index is 4.48. The van der Waals surface area contributed by atoms with Crippen LogP contribution >= 0.6 is 0 Å². The first-order chi connectivity index (χ1) is 6.87. The first-order valence-electron chi connectivity index (χ1n) is 5.48. The van der Waals surface area contributed by atoms with Gasteiger partial charge in [-0.2, -0.15) is 0 Å². The molecule has 76 valence electrons. The summed E-state index contributed by atoms with van der Waals surface area (Å²) in [4.78, 5) is 4.48. The van der Waals surface area contributed by atoms with Crippen molar-refractivity contribution in [2.75, 3.05) is 7.05 Å². The summed E-state index contributed by atoms with van der Waals surface area (Å²) in [6.07, 6.45) is 8.34. The van der Waals surface area contributed by atoms with E-state index in [0.29, 0.717) is 0 Å². The van der Waals surface area contributed by atoms with E-state index in [1.54, 1.807) is 0 Å². The molecular weight excluding hydrogens is 172 g/mol. The van der Waals surface area contributed by atoms with E-state index in [4.69, 9.17) is 0 Å². The lowest BCUT2D eigenvalue weighted by Crippen LogP contribution is -2.42. The van der Waals surface area contributed by atoms with E-state index in [-0.39, 0.29) is 5.54 Å². The molecule has 1 heterocycles. The van der Waals surface area contributed by atoms with Gasteiger partial charge in [0.1, 0.15) is 0 Å². The monoisotopic (exact) mass is 190 g/mol. The lowest BCUT2D eigenvalue weighted by molar-refractivity contribution is 0.243. The van der Waals surface area contributed by atoms with Crippen LogP contribution in [0.2, 0.25) is 0 Å². The molecule has 0 aliphatic heterocycles. The molecule has 0 atom stereocenters. The Morgan fingerprint density at radius 1 is 1.21 bits per heavy atom. The molecule has 0 bridgehead atoms. The highest BCUT2D eigenvalue weighted by molar-refractivity contribution is 5.16. The van der Waals surface area contributed by atoms with Crippen LogP contribution in [0.25, 0.3) is 0 Å². The first-order valence-corrected chi connectivity index (χ1v) is 5.48. The standard InChI is InChI=1S/C12H18N2/c1-13-12(8-4-2-5-9-12)11-7-3-6-10-14-11/h3,6-7,10,13H,2,4-5,8-9H2,1H3. The van der Waals surface area contributed by atoms with E-state index in [9.17, 15) is 0 Å². The number of aromatic nitrogens is 1. The van der Waals surface area contributed by atoms with Crippen LogP contribution in [0.1, 0.15) is 37.8 Å². The van der Waals surface area contributed by atoms with Gasteiger partial charge in [-0.25, -0.2) is 0 Å². The van der Waals surface area contributed by atoms with Crippen molar-refractivity contribution in [1.29, 1.82) is 0 Å². The van der Waals surface area contributed by atoms with E-state index < -0.39 is 0 Å². The molecule has 1 aliphatic rings. The smallest absolute Gasteiger partial charge is 0.0606 e. The highest BCUT2D eigenvalue weighted by Crippen LogP contribution is 2.35. The van der Waals surface area contributed by atoms with Gasteiger partial charge in [0.25, 0.3) is 0 Å². The first kappa shape index (κ1) is 9.66. The molecule has 0 aromatic carbocycles. The van der Waals surface area contributed by atoms with Gasteiger partial charge in [-0.1, -0.05) is 25.3 Å². The maximum absolute atomic E-state index is 4.48. The number of nitrogens with one attached hydrogen (secondary N) is 1. The van der Waals surface area contributed by atoms with Gasteiger partial charge in [-0.05, 0) is 32.0 Å². The fourth-order valence-electron chi connectivity index (χ4n) is 2.44. The SMILES string of the molecule is CNC1(c2ccccn2)CCCCC1. The third-order valence-electron chi connectivity index (χ3n) is 3.34. The van der Waals surface area contributed by atoms with Crippen molar-refractivity contribution < 1.29 is 0 Å². The predicted octanol–water partition coefficient (Wildman–Crippen LogP) is 2.46. The van der Waals surface area contributed by atoms with E-state index in [2.05, 4.69) is 29.5 Å². The van der Waals surface area contributed by atoms with Crippen molar-refractivity contribution in [3.63, 3.8) is 0 Å². The number of rotatable bonds is 2. The Morgan fingerprint density at radius 2 is 2.00 bits per heavy atom. The second-order valence-electron chi connectivity index (χ2n) is 4.11. The van der Waals surface area contributed by atoms with Crippen LogP contribution < -0.4 is 5.32 Å². The molecule has 1 N–H and O–H groups in total. The molecule has 1 saturated carbocycles. The minimum atomic E-state index is 0.152. The molecule has 0 radical (unpaired) electrons. The Labute approximate surface area is 85.7 Å². The maximum Gasteiger partial charge on any atom is 0.0606 e. The van der Waals surface area contributed by atoms with Crippen LogP contribution in [0.5, 0.6) is 0 Å². The largest absolute Gasteiger partial charge is 0.309 e. The van der Waals surface area contributed by atoms with E-state index in [1.807, 2.05) is 12.3 Å². The van der Waals surface area contributed by atoms with Gasteiger partial charge in [-0.3, -0.25) is 4.98 Å². The molecule has 2 rings (SSSR count). The Balaban J connectivity index is 2.27. The zero-order valence-electron chi connectivity index (χ0n) is 8.79. The second kappa shape index (κ2) is 4.09. The summed E-state index contributed by atoms with van der Waals surface area (Å²) < 4.78 is 0. The number of hydrogen-bond donors (Lipinski definition) is 1. The fraction of sp³-hybridized carbons (Fsp3) is 0.583. The van der Waals surface area contributed by atoms with Crippen molar-refractivity contribution in [2.24, 2.45) is 0 Å².